The highest BCUT2D eigenvalue weighted by Crippen LogP contribution is 2.32. The van der Waals surface area contributed by atoms with Crippen molar-refractivity contribution < 1.29 is 9.84 Å². The summed E-state index contributed by atoms with van der Waals surface area (Å²) in [6.07, 6.45) is 5.03. The monoisotopic (exact) mass is 284 g/mol. The smallest absolute Gasteiger partial charge is 0.217 e. The summed E-state index contributed by atoms with van der Waals surface area (Å²) in [6, 6.07) is 9.95. The van der Waals surface area contributed by atoms with Crippen molar-refractivity contribution in [3.8, 4) is 11.6 Å². The predicted octanol–water partition coefficient (Wildman–Crippen LogP) is 2.96. The van der Waals surface area contributed by atoms with Crippen LogP contribution >= 0.6 is 0 Å². The number of fused-ring (bicyclic) bond motifs is 1. The second kappa shape index (κ2) is 6.14. The highest BCUT2D eigenvalue weighted by atomic mass is 16.5. The molecule has 1 heterocycles. The topological polar surface area (TPSA) is 54.4 Å². The number of ether oxygens (including phenoxy) is 1. The maximum absolute atomic E-state index is 9.61. The summed E-state index contributed by atoms with van der Waals surface area (Å²) in [7, 11) is 1.64. The van der Waals surface area contributed by atoms with Gasteiger partial charge in [0.1, 0.15) is 5.75 Å². The highest BCUT2D eigenvalue weighted by Gasteiger charge is 2.20. The predicted molar refractivity (Wildman–Crippen MR) is 81.4 cm³/mol. The van der Waals surface area contributed by atoms with Crippen LogP contribution < -0.4 is 10.1 Å². The number of rotatable bonds is 4. The molecule has 0 spiro atoms. The van der Waals surface area contributed by atoms with Crippen molar-refractivity contribution in [3.05, 3.63) is 53.2 Å². The minimum absolute atomic E-state index is 0.319. The Morgan fingerprint density at radius 3 is 3.14 bits per heavy atom. The molecule has 4 nitrogen and oxygen atoms in total. The summed E-state index contributed by atoms with van der Waals surface area (Å²) in [4.78, 5) is 4.22. The Kier molecular flexibility index (Phi) is 4.06. The van der Waals surface area contributed by atoms with E-state index in [4.69, 9.17) is 4.74 Å². The fourth-order valence-electron chi connectivity index (χ4n) is 2.99. The first kappa shape index (κ1) is 13.9. The van der Waals surface area contributed by atoms with E-state index in [2.05, 4.69) is 10.3 Å². The lowest BCUT2D eigenvalue weighted by molar-refractivity contribution is 0.385. The first-order valence-electron chi connectivity index (χ1n) is 7.31. The average molecular weight is 284 g/mol. The third-order valence-corrected chi connectivity index (χ3v) is 4.02. The van der Waals surface area contributed by atoms with E-state index >= 15 is 0 Å². The number of nitrogens with one attached hydrogen (secondary N) is 1. The first-order chi connectivity index (χ1) is 10.3. The van der Waals surface area contributed by atoms with Gasteiger partial charge in [-0.1, -0.05) is 12.1 Å². The third-order valence-electron chi connectivity index (χ3n) is 4.02. The van der Waals surface area contributed by atoms with Gasteiger partial charge < -0.3 is 15.2 Å². The number of pyridine rings is 1. The fourth-order valence-corrected chi connectivity index (χ4v) is 2.99. The number of nitrogens with zero attached hydrogens (tertiary/aromatic N) is 1. The first-order valence-corrected chi connectivity index (χ1v) is 7.31. The molecule has 1 aliphatic rings. The van der Waals surface area contributed by atoms with Crippen LogP contribution in [0.4, 0.5) is 0 Å². The Hall–Kier alpha value is -2.07. The number of aromatic nitrogens is 1. The molecule has 0 bridgehead atoms. The summed E-state index contributed by atoms with van der Waals surface area (Å²) < 4.78 is 5.29. The van der Waals surface area contributed by atoms with Gasteiger partial charge in [0.25, 0.3) is 0 Å². The van der Waals surface area contributed by atoms with Gasteiger partial charge in [-0.3, -0.25) is 0 Å². The molecule has 0 fully saturated rings. The van der Waals surface area contributed by atoms with Gasteiger partial charge >= 0.3 is 0 Å². The van der Waals surface area contributed by atoms with Crippen molar-refractivity contribution in [3.63, 3.8) is 0 Å². The summed E-state index contributed by atoms with van der Waals surface area (Å²) in [5.74, 6) is 1.02. The molecule has 4 heteroatoms. The summed E-state index contributed by atoms with van der Waals surface area (Å²) in [6.45, 7) is 0.724. The molecule has 0 saturated heterocycles. The van der Waals surface area contributed by atoms with E-state index in [1.165, 1.54) is 11.1 Å². The average Bonchev–Trinajstić information content (AvgIpc) is 2.52. The highest BCUT2D eigenvalue weighted by molar-refractivity contribution is 5.38. The van der Waals surface area contributed by atoms with E-state index in [1.807, 2.05) is 24.3 Å². The normalized spacial score (nSPS) is 17.3. The molecule has 0 amide bonds. The second-order valence-electron chi connectivity index (χ2n) is 5.38. The van der Waals surface area contributed by atoms with E-state index in [9.17, 15) is 5.11 Å². The number of methoxy groups -OCH3 is 1. The Morgan fingerprint density at radius 2 is 2.29 bits per heavy atom. The minimum atomic E-state index is 0.319. The number of aryl methyl sites for hydroxylation is 1. The molecule has 0 saturated carbocycles. The lowest BCUT2D eigenvalue weighted by Crippen LogP contribution is -2.25. The van der Waals surface area contributed by atoms with E-state index in [-0.39, 0.29) is 0 Å². The zero-order valence-electron chi connectivity index (χ0n) is 12.2. The van der Waals surface area contributed by atoms with Gasteiger partial charge in [0, 0.05) is 24.3 Å². The van der Waals surface area contributed by atoms with Crippen molar-refractivity contribution in [2.24, 2.45) is 0 Å². The Labute approximate surface area is 124 Å². The van der Waals surface area contributed by atoms with Crippen molar-refractivity contribution in [2.75, 3.05) is 7.11 Å². The molecule has 1 aromatic carbocycles. The van der Waals surface area contributed by atoms with E-state index < -0.39 is 0 Å². The summed E-state index contributed by atoms with van der Waals surface area (Å²) in [5, 5.41) is 13.2. The summed E-state index contributed by atoms with van der Waals surface area (Å²) >= 11 is 0. The van der Waals surface area contributed by atoms with Crippen molar-refractivity contribution in [2.45, 2.75) is 31.8 Å². The van der Waals surface area contributed by atoms with Gasteiger partial charge in [-0.05, 0) is 48.6 Å². The van der Waals surface area contributed by atoms with Gasteiger partial charge in [-0.2, -0.15) is 0 Å². The third kappa shape index (κ3) is 3.00. The van der Waals surface area contributed by atoms with Gasteiger partial charge in [0.2, 0.25) is 5.88 Å². The standard InChI is InChI=1S/C17H20N2O2/c1-21-17-13(5-3-9-18-17)11-19-16-6-2-4-12-10-14(20)7-8-15(12)16/h3,5,7-10,16,19-20H,2,4,6,11H2,1H3. The second-order valence-corrected chi connectivity index (χ2v) is 5.38. The molecular formula is C17H20N2O2. The van der Waals surface area contributed by atoms with Crippen molar-refractivity contribution >= 4 is 0 Å². The van der Waals surface area contributed by atoms with Crippen LogP contribution in [-0.4, -0.2) is 17.2 Å². The van der Waals surface area contributed by atoms with Crippen LogP contribution in [0.25, 0.3) is 0 Å². The molecule has 110 valence electrons. The Bertz CT molecular complexity index is 628. The fraction of sp³-hybridized carbons (Fsp3) is 0.353. The van der Waals surface area contributed by atoms with Crippen LogP contribution in [0.3, 0.4) is 0 Å². The molecule has 3 rings (SSSR count). The van der Waals surface area contributed by atoms with Crippen LogP contribution in [0.1, 0.15) is 35.6 Å². The number of phenolic OH excluding ortho intramolecular Hbond substituents is 1. The summed E-state index contributed by atoms with van der Waals surface area (Å²) in [5.41, 5.74) is 3.60. The quantitative estimate of drug-likeness (QED) is 0.906. The molecule has 2 N–H and O–H groups in total. The number of hydrogen-bond donors (Lipinski definition) is 2. The molecule has 0 aliphatic heterocycles. The van der Waals surface area contributed by atoms with E-state index in [0.717, 1.165) is 31.4 Å². The zero-order valence-corrected chi connectivity index (χ0v) is 12.2. The molecule has 21 heavy (non-hydrogen) atoms. The lowest BCUT2D eigenvalue weighted by Gasteiger charge is -2.27. The van der Waals surface area contributed by atoms with Gasteiger partial charge in [-0.15, -0.1) is 0 Å². The maximum atomic E-state index is 9.61. The molecule has 0 radical (unpaired) electrons. The molecule has 1 aromatic heterocycles. The molecule has 1 unspecified atom stereocenters. The van der Waals surface area contributed by atoms with E-state index in [0.29, 0.717) is 17.7 Å². The largest absolute Gasteiger partial charge is 0.508 e. The van der Waals surface area contributed by atoms with Crippen LogP contribution in [-0.2, 0) is 13.0 Å². The van der Waals surface area contributed by atoms with Crippen LogP contribution in [0.5, 0.6) is 11.6 Å². The van der Waals surface area contributed by atoms with Crippen LogP contribution in [0.2, 0.25) is 0 Å². The number of hydrogen-bond acceptors (Lipinski definition) is 4. The number of phenols is 1. The van der Waals surface area contributed by atoms with Gasteiger partial charge in [0.15, 0.2) is 0 Å². The Morgan fingerprint density at radius 1 is 1.38 bits per heavy atom. The number of aromatic hydroxyl groups is 1. The molecule has 2 aromatic rings. The minimum Gasteiger partial charge on any atom is -0.508 e. The van der Waals surface area contributed by atoms with Gasteiger partial charge in [0.05, 0.1) is 7.11 Å². The number of benzene rings is 1. The molecular weight excluding hydrogens is 264 g/mol. The van der Waals surface area contributed by atoms with Crippen molar-refractivity contribution in [1.29, 1.82) is 0 Å². The van der Waals surface area contributed by atoms with E-state index in [1.54, 1.807) is 19.4 Å². The van der Waals surface area contributed by atoms with Crippen LogP contribution in [0, 0.1) is 0 Å². The van der Waals surface area contributed by atoms with Crippen molar-refractivity contribution in [1.82, 2.24) is 10.3 Å². The Balaban J connectivity index is 1.75. The molecule has 1 aliphatic carbocycles. The lowest BCUT2D eigenvalue weighted by atomic mass is 9.87. The maximum Gasteiger partial charge on any atom is 0.217 e. The van der Waals surface area contributed by atoms with Gasteiger partial charge in [-0.25, -0.2) is 4.98 Å². The zero-order chi connectivity index (χ0) is 14.7. The molecule has 1 atom stereocenters. The SMILES string of the molecule is COc1ncccc1CNC1CCCc2cc(O)ccc21. The van der Waals surface area contributed by atoms with Crippen LogP contribution in [0.15, 0.2) is 36.5 Å².